The van der Waals surface area contributed by atoms with Crippen molar-refractivity contribution in [2.24, 2.45) is 0 Å². The molecule has 172 valence electrons. The Balaban J connectivity index is 1.78. The molecule has 0 amide bonds. The van der Waals surface area contributed by atoms with Gasteiger partial charge in [-0.05, 0) is 30.3 Å². The lowest BCUT2D eigenvalue weighted by Crippen LogP contribution is -2.31. The normalized spacial score (nSPS) is 13.9. The summed E-state index contributed by atoms with van der Waals surface area (Å²) in [5.41, 5.74) is 0.500. The molecular formula is C24H22ClFN2O5. The van der Waals surface area contributed by atoms with Gasteiger partial charge in [0.25, 0.3) is 0 Å². The third-order valence-electron chi connectivity index (χ3n) is 5.15. The maximum atomic E-state index is 14.1. The number of carbonyl (C=O) groups excluding carboxylic acids is 1. The quantitative estimate of drug-likeness (QED) is 0.329. The van der Waals surface area contributed by atoms with Crippen molar-refractivity contribution >= 4 is 17.6 Å². The molecule has 0 unspecified atom stereocenters. The molecule has 9 heteroatoms. The van der Waals surface area contributed by atoms with Gasteiger partial charge >= 0.3 is 5.97 Å². The molecule has 0 aliphatic heterocycles. The second kappa shape index (κ2) is 9.72. The van der Waals surface area contributed by atoms with Gasteiger partial charge in [0.1, 0.15) is 18.2 Å². The number of nitrogens with zero attached hydrogens (tertiary/aromatic N) is 2. The summed E-state index contributed by atoms with van der Waals surface area (Å²) in [6, 6.07) is 13.3. The van der Waals surface area contributed by atoms with Crippen LogP contribution in [0.4, 0.5) is 4.39 Å². The van der Waals surface area contributed by atoms with E-state index in [0.29, 0.717) is 48.6 Å². The van der Waals surface area contributed by atoms with Crippen LogP contribution < -0.4 is 9.47 Å². The van der Waals surface area contributed by atoms with E-state index in [9.17, 15) is 9.18 Å². The lowest BCUT2D eigenvalue weighted by Gasteiger charge is -2.17. The number of hydrogen-bond acceptors (Lipinski definition) is 7. The summed E-state index contributed by atoms with van der Waals surface area (Å²) in [6.45, 7) is 0.770. The first kappa shape index (κ1) is 22.9. The average Bonchev–Trinajstić information content (AvgIpc) is 3.61. The zero-order valence-electron chi connectivity index (χ0n) is 18.1. The molecule has 0 N–H and O–H groups in total. The highest BCUT2D eigenvalue weighted by atomic mass is 35.5. The molecule has 1 heterocycles. The van der Waals surface area contributed by atoms with Gasteiger partial charge in [-0.15, -0.1) is 0 Å². The molecule has 7 nitrogen and oxygen atoms in total. The molecule has 0 saturated heterocycles. The molecular weight excluding hydrogens is 451 g/mol. The maximum Gasteiger partial charge on any atom is 0.350 e. The fraction of sp³-hybridized carbons (Fsp3) is 0.292. The first-order chi connectivity index (χ1) is 16.0. The fourth-order valence-corrected chi connectivity index (χ4v) is 3.38. The van der Waals surface area contributed by atoms with Crippen molar-refractivity contribution in [3.8, 4) is 34.3 Å². The highest BCUT2D eigenvalue weighted by molar-refractivity contribution is 6.30. The third kappa shape index (κ3) is 5.07. The van der Waals surface area contributed by atoms with Crippen molar-refractivity contribution in [2.45, 2.75) is 18.4 Å². The summed E-state index contributed by atoms with van der Waals surface area (Å²) in [5, 5.41) is -0.00843. The van der Waals surface area contributed by atoms with E-state index in [-0.39, 0.29) is 16.7 Å². The minimum atomic E-state index is -1.07. The maximum absolute atomic E-state index is 14.1. The smallest absolute Gasteiger partial charge is 0.350 e. The van der Waals surface area contributed by atoms with E-state index in [0.717, 1.165) is 0 Å². The Morgan fingerprint density at radius 2 is 1.88 bits per heavy atom. The third-order valence-corrected chi connectivity index (χ3v) is 5.46. The number of methoxy groups -OCH3 is 2. The lowest BCUT2D eigenvalue weighted by atomic mass is 10.1. The number of rotatable bonds is 9. The number of hydrogen-bond donors (Lipinski definition) is 0. The van der Waals surface area contributed by atoms with Crippen molar-refractivity contribution in [2.75, 3.05) is 27.4 Å². The highest BCUT2D eigenvalue weighted by Crippen LogP contribution is 2.42. The van der Waals surface area contributed by atoms with Gasteiger partial charge in [0.15, 0.2) is 5.82 Å². The molecule has 0 spiro atoms. The number of ether oxygens (including phenoxy) is 4. The number of esters is 1. The van der Waals surface area contributed by atoms with Crippen molar-refractivity contribution in [3.63, 3.8) is 0 Å². The van der Waals surface area contributed by atoms with Gasteiger partial charge in [0, 0.05) is 37.1 Å². The van der Waals surface area contributed by atoms with Gasteiger partial charge in [-0.1, -0.05) is 23.7 Å². The largest absolute Gasteiger partial charge is 0.490 e. The van der Waals surface area contributed by atoms with E-state index in [1.54, 1.807) is 19.2 Å². The van der Waals surface area contributed by atoms with Gasteiger partial charge in [0.05, 0.1) is 24.4 Å². The number of para-hydroxylation sites is 1. The number of aromatic nitrogens is 2. The SMILES string of the molecule is COCCOc1ccccc1-c1cc(OC2(C(=O)OC)CC2)nc(-c2ccc(Cl)c(F)c2)n1. The van der Waals surface area contributed by atoms with E-state index in [2.05, 4.69) is 9.97 Å². The summed E-state index contributed by atoms with van der Waals surface area (Å²) in [6.07, 6.45) is 1.03. The molecule has 33 heavy (non-hydrogen) atoms. The van der Waals surface area contributed by atoms with Gasteiger partial charge in [-0.2, -0.15) is 4.98 Å². The second-order valence-corrected chi connectivity index (χ2v) is 7.88. The van der Waals surface area contributed by atoms with E-state index < -0.39 is 17.4 Å². The zero-order valence-corrected chi connectivity index (χ0v) is 18.9. The van der Waals surface area contributed by atoms with Crippen LogP contribution in [0.2, 0.25) is 5.02 Å². The highest BCUT2D eigenvalue weighted by Gasteiger charge is 2.54. The molecule has 4 rings (SSSR count). The Labute approximate surface area is 195 Å². The summed E-state index contributed by atoms with van der Waals surface area (Å²) < 4.78 is 35.9. The molecule has 1 aliphatic carbocycles. The van der Waals surface area contributed by atoms with Gasteiger partial charge in [-0.25, -0.2) is 14.2 Å². The first-order valence-corrected chi connectivity index (χ1v) is 10.7. The number of halogens is 2. The number of benzene rings is 2. The lowest BCUT2D eigenvalue weighted by molar-refractivity contribution is -0.151. The average molecular weight is 473 g/mol. The minimum absolute atomic E-state index is 0.00843. The second-order valence-electron chi connectivity index (χ2n) is 7.47. The van der Waals surface area contributed by atoms with E-state index in [1.165, 1.54) is 19.2 Å². The summed E-state index contributed by atoms with van der Waals surface area (Å²) in [4.78, 5) is 21.3. The monoisotopic (exact) mass is 472 g/mol. The van der Waals surface area contributed by atoms with Gasteiger partial charge in [0.2, 0.25) is 11.5 Å². The Morgan fingerprint density at radius 1 is 1.09 bits per heavy atom. The Morgan fingerprint density at radius 3 is 2.58 bits per heavy atom. The molecule has 2 aromatic carbocycles. The molecule has 0 radical (unpaired) electrons. The van der Waals surface area contributed by atoms with Gasteiger partial charge < -0.3 is 18.9 Å². The van der Waals surface area contributed by atoms with Crippen LogP contribution >= 0.6 is 11.6 Å². The standard InChI is InChI=1S/C24H22ClFN2O5/c1-30-11-12-32-20-6-4-3-5-16(20)19-14-21(33-24(9-10-24)23(29)31-2)28-22(27-19)15-7-8-17(25)18(26)13-15/h3-8,13-14H,9-12H2,1-2H3. The van der Waals surface area contributed by atoms with E-state index in [4.69, 9.17) is 30.5 Å². The summed E-state index contributed by atoms with van der Waals surface area (Å²) in [5.74, 6) is -0.0980. The van der Waals surface area contributed by atoms with Crippen LogP contribution in [0.25, 0.3) is 22.6 Å². The molecule has 1 aromatic heterocycles. The molecule has 0 bridgehead atoms. The predicted molar refractivity (Wildman–Crippen MR) is 120 cm³/mol. The topological polar surface area (TPSA) is 79.8 Å². The van der Waals surface area contributed by atoms with Crippen LogP contribution in [-0.4, -0.2) is 49.0 Å². The molecule has 1 saturated carbocycles. The Kier molecular flexibility index (Phi) is 6.76. The zero-order chi connectivity index (χ0) is 23.4. The van der Waals surface area contributed by atoms with Crippen LogP contribution in [-0.2, 0) is 14.3 Å². The fourth-order valence-electron chi connectivity index (χ4n) is 3.27. The van der Waals surface area contributed by atoms with Crippen LogP contribution in [0.3, 0.4) is 0 Å². The van der Waals surface area contributed by atoms with Crippen molar-refractivity contribution in [1.29, 1.82) is 0 Å². The number of carbonyl (C=O) groups is 1. The van der Waals surface area contributed by atoms with Crippen molar-refractivity contribution < 1.29 is 28.1 Å². The van der Waals surface area contributed by atoms with Crippen LogP contribution in [0.5, 0.6) is 11.6 Å². The van der Waals surface area contributed by atoms with Crippen molar-refractivity contribution in [1.82, 2.24) is 9.97 Å². The van der Waals surface area contributed by atoms with Crippen LogP contribution in [0.15, 0.2) is 48.5 Å². The Bertz CT molecular complexity index is 1170. The van der Waals surface area contributed by atoms with Crippen LogP contribution in [0.1, 0.15) is 12.8 Å². The summed E-state index contributed by atoms with van der Waals surface area (Å²) >= 11 is 5.84. The summed E-state index contributed by atoms with van der Waals surface area (Å²) in [7, 11) is 2.91. The van der Waals surface area contributed by atoms with E-state index >= 15 is 0 Å². The minimum Gasteiger partial charge on any atom is -0.490 e. The van der Waals surface area contributed by atoms with Gasteiger partial charge in [-0.3, -0.25) is 0 Å². The first-order valence-electron chi connectivity index (χ1n) is 10.3. The predicted octanol–water partition coefficient (Wildman–Crippen LogP) is 4.71. The Hall–Kier alpha value is -3.23. The molecule has 3 aromatic rings. The van der Waals surface area contributed by atoms with Crippen LogP contribution in [0, 0.1) is 5.82 Å². The van der Waals surface area contributed by atoms with Crippen molar-refractivity contribution in [3.05, 3.63) is 59.4 Å². The van der Waals surface area contributed by atoms with E-state index in [1.807, 2.05) is 24.3 Å². The molecule has 1 aliphatic rings. The molecule has 1 fully saturated rings. The molecule has 0 atom stereocenters.